The molecule has 10 nitrogen and oxygen atoms in total. The van der Waals surface area contributed by atoms with Gasteiger partial charge in [-0.15, -0.1) is 0 Å². The first-order valence-corrected chi connectivity index (χ1v) is 10.3. The van der Waals surface area contributed by atoms with E-state index in [0.717, 1.165) is 0 Å². The molecule has 2 aromatic carbocycles. The van der Waals surface area contributed by atoms with E-state index in [0.29, 0.717) is 39.6 Å². The van der Waals surface area contributed by atoms with Gasteiger partial charge in [0.1, 0.15) is 6.54 Å². The van der Waals surface area contributed by atoms with Crippen LogP contribution >= 0.6 is 0 Å². The van der Waals surface area contributed by atoms with Crippen molar-refractivity contribution < 1.29 is 18.8 Å². The highest BCUT2D eigenvalue weighted by atomic mass is 16.5. The largest absolute Gasteiger partial charge is 0.465 e. The summed E-state index contributed by atoms with van der Waals surface area (Å²) in [4.78, 5) is 41.8. The number of hydrogen-bond acceptors (Lipinski definition) is 7. The predicted molar refractivity (Wildman–Crippen MR) is 121 cm³/mol. The molecule has 0 aliphatic carbocycles. The van der Waals surface area contributed by atoms with Crippen molar-refractivity contribution in [3.05, 3.63) is 64.4 Å². The maximum atomic E-state index is 13.2. The second-order valence-corrected chi connectivity index (χ2v) is 7.79. The highest BCUT2D eigenvalue weighted by molar-refractivity contribution is 5.93. The number of nitrogens with zero attached hydrogens (tertiary/aromatic N) is 4. The Morgan fingerprint density at radius 3 is 2.45 bits per heavy atom. The third-order valence-corrected chi connectivity index (χ3v) is 5.16. The highest BCUT2D eigenvalue weighted by Gasteiger charge is 2.19. The van der Waals surface area contributed by atoms with Crippen molar-refractivity contribution in [3.63, 3.8) is 0 Å². The van der Waals surface area contributed by atoms with E-state index in [-0.39, 0.29) is 24.2 Å². The van der Waals surface area contributed by atoms with Crippen LogP contribution in [0.1, 0.15) is 36.1 Å². The van der Waals surface area contributed by atoms with Gasteiger partial charge in [-0.05, 0) is 56.3 Å². The molecule has 0 aliphatic heterocycles. The molecule has 0 bridgehead atoms. The molecule has 10 heteroatoms. The average molecular weight is 449 g/mol. The van der Waals surface area contributed by atoms with E-state index in [2.05, 4.69) is 20.2 Å². The number of carbonyl (C=O) groups is 2. The van der Waals surface area contributed by atoms with Gasteiger partial charge in [0.2, 0.25) is 17.6 Å². The van der Waals surface area contributed by atoms with Gasteiger partial charge in [0, 0.05) is 24.2 Å². The van der Waals surface area contributed by atoms with Crippen LogP contribution in [0.25, 0.3) is 22.4 Å². The minimum atomic E-state index is -0.464. The van der Waals surface area contributed by atoms with Crippen molar-refractivity contribution in [3.8, 4) is 11.4 Å². The zero-order valence-corrected chi connectivity index (χ0v) is 18.7. The van der Waals surface area contributed by atoms with E-state index >= 15 is 0 Å². The van der Waals surface area contributed by atoms with Crippen LogP contribution in [0, 0.1) is 6.92 Å². The maximum Gasteiger partial charge on any atom is 0.337 e. The van der Waals surface area contributed by atoms with Gasteiger partial charge in [0.15, 0.2) is 0 Å². The first kappa shape index (κ1) is 22.0. The standard InChI is InChI=1S/C23H23N5O5/c1-13(2)28-18-10-7-16(21-24-14(3)33-26-21)11-19(18)27(23(28)31)12-20(29)25-17-8-5-15(6-9-17)22(30)32-4/h5-11,13H,12H2,1-4H3,(H,25,29). The fraction of sp³-hybridized carbons (Fsp3) is 0.261. The zero-order chi connectivity index (χ0) is 23.7. The lowest BCUT2D eigenvalue weighted by molar-refractivity contribution is -0.116. The molecule has 0 radical (unpaired) electrons. The van der Waals surface area contributed by atoms with Gasteiger partial charge in [0.25, 0.3) is 0 Å². The van der Waals surface area contributed by atoms with Crippen LogP contribution in [-0.4, -0.2) is 38.3 Å². The first-order valence-electron chi connectivity index (χ1n) is 10.3. The lowest BCUT2D eigenvalue weighted by atomic mass is 10.2. The summed E-state index contributed by atoms with van der Waals surface area (Å²) in [5.74, 6) is -0.0132. The van der Waals surface area contributed by atoms with Gasteiger partial charge in [-0.25, -0.2) is 9.59 Å². The molecule has 0 saturated carbocycles. The number of aromatic nitrogens is 4. The normalized spacial score (nSPS) is 11.2. The number of hydrogen-bond donors (Lipinski definition) is 1. The number of methoxy groups -OCH3 is 1. The Kier molecular flexibility index (Phi) is 5.82. The topological polar surface area (TPSA) is 121 Å². The Morgan fingerprint density at radius 1 is 1.12 bits per heavy atom. The molecule has 1 amide bonds. The third-order valence-electron chi connectivity index (χ3n) is 5.16. The van der Waals surface area contributed by atoms with Crippen molar-refractivity contribution in [2.24, 2.45) is 0 Å². The van der Waals surface area contributed by atoms with Crippen molar-refractivity contribution in [2.45, 2.75) is 33.4 Å². The monoisotopic (exact) mass is 449 g/mol. The number of benzene rings is 2. The SMILES string of the molecule is COC(=O)c1ccc(NC(=O)Cn2c(=O)n(C(C)C)c3ccc(-c4noc(C)n4)cc32)cc1. The van der Waals surface area contributed by atoms with E-state index in [4.69, 9.17) is 4.52 Å². The van der Waals surface area contributed by atoms with Crippen LogP contribution in [0.3, 0.4) is 0 Å². The number of carbonyl (C=O) groups excluding carboxylic acids is 2. The van der Waals surface area contributed by atoms with Crippen LogP contribution in [0.2, 0.25) is 0 Å². The van der Waals surface area contributed by atoms with Gasteiger partial charge in [0.05, 0.1) is 23.7 Å². The van der Waals surface area contributed by atoms with E-state index in [1.54, 1.807) is 41.8 Å². The van der Waals surface area contributed by atoms with Gasteiger partial charge in [-0.3, -0.25) is 13.9 Å². The zero-order valence-electron chi connectivity index (χ0n) is 18.7. The average Bonchev–Trinajstić information content (AvgIpc) is 3.34. The molecule has 2 aromatic heterocycles. The van der Waals surface area contributed by atoms with Gasteiger partial charge in [-0.2, -0.15) is 4.98 Å². The minimum Gasteiger partial charge on any atom is -0.465 e. The van der Waals surface area contributed by atoms with Gasteiger partial charge in [-0.1, -0.05) is 5.16 Å². The summed E-state index contributed by atoms with van der Waals surface area (Å²) in [7, 11) is 1.30. The number of fused-ring (bicyclic) bond motifs is 1. The Hall–Kier alpha value is -4.21. The molecule has 2 heterocycles. The molecule has 4 rings (SSSR count). The molecule has 0 unspecified atom stereocenters. The summed E-state index contributed by atoms with van der Waals surface area (Å²) >= 11 is 0. The molecule has 0 aliphatic rings. The van der Waals surface area contributed by atoms with E-state index < -0.39 is 5.97 Å². The predicted octanol–water partition coefficient (Wildman–Crippen LogP) is 3.17. The van der Waals surface area contributed by atoms with Crippen molar-refractivity contribution >= 4 is 28.6 Å². The van der Waals surface area contributed by atoms with Crippen LogP contribution in [0.4, 0.5) is 5.69 Å². The van der Waals surface area contributed by atoms with Crippen molar-refractivity contribution in [1.82, 2.24) is 19.3 Å². The fourth-order valence-corrected chi connectivity index (χ4v) is 3.64. The smallest absolute Gasteiger partial charge is 0.337 e. The summed E-state index contributed by atoms with van der Waals surface area (Å²) in [6.45, 7) is 5.32. The summed E-state index contributed by atoms with van der Waals surface area (Å²) < 4.78 is 12.8. The lowest BCUT2D eigenvalue weighted by Gasteiger charge is -2.07. The second kappa shape index (κ2) is 8.73. The summed E-state index contributed by atoms with van der Waals surface area (Å²) in [6, 6.07) is 11.6. The molecule has 0 spiro atoms. The van der Waals surface area contributed by atoms with Crippen LogP contribution in [0.15, 0.2) is 51.8 Å². The molecule has 0 saturated heterocycles. The molecule has 1 N–H and O–H groups in total. The van der Waals surface area contributed by atoms with Crippen molar-refractivity contribution in [1.29, 1.82) is 0 Å². The first-order chi connectivity index (χ1) is 15.8. The Morgan fingerprint density at radius 2 is 1.85 bits per heavy atom. The molecule has 4 aromatic rings. The van der Waals surface area contributed by atoms with Gasteiger partial charge < -0.3 is 14.6 Å². The Labute approximate surface area is 188 Å². The maximum absolute atomic E-state index is 13.2. The molecule has 0 atom stereocenters. The van der Waals surface area contributed by atoms with Crippen molar-refractivity contribution in [2.75, 3.05) is 12.4 Å². The highest BCUT2D eigenvalue weighted by Crippen LogP contribution is 2.24. The number of imidazole rings is 1. The number of amides is 1. The number of nitrogens with one attached hydrogen (secondary N) is 1. The fourth-order valence-electron chi connectivity index (χ4n) is 3.64. The molecule has 33 heavy (non-hydrogen) atoms. The Balaban J connectivity index is 1.67. The van der Waals surface area contributed by atoms with Crippen LogP contribution in [-0.2, 0) is 16.1 Å². The minimum absolute atomic E-state index is 0.103. The van der Waals surface area contributed by atoms with E-state index in [1.165, 1.54) is 11.7 Å². The third kappa shape index (κ3) is 4.27. The number of ether oxygens (including phenoxy) is 1. The lowest BCUT2D eigenvalue weighted by Crippen LogP contribution is -2.30. The van der Waals surface area contributed by atoms with Crippen LogP contribution in [0.5, 0.6) is 0 Å². The second-order valence-electron chi connectivity index (χ2n) is 7.79. The molecular weight excluding hydrogens is 426 g/mol. The molecule has 0 fully saturated rings. The number of anilines is 1. The van der Waals surface area contributed by atoms with Crippen LogP contribution < -0.4 is 11.0 Å². The quantitative estimate of drug-likeness (QED) is 0.449. The Bertz CT molecular complexity index is 1400. The van der Waals surface area contributed by atoms with E-state index in [9.17, 15) is 14.4 Å². The molecule has 170 valence electrons. The van der Waals surface area contributed by atoms with E-state index in [1.807, 2.05) is 26.0 Å². The summed E-state index contributed by atoms with van der Waals surface area (Å²) in [6.07, 6.45) is 0. The van der Waals surface area contributed by atoms with Gasteiger partial charge >= 0.3 is 11.7 Å². The summed E-state index contributed by atoms with van der Waals surface area (Å²) in [5.41, 5.74) is 2.54. The number of aryl methyl sites for hydroxylation is 1. The number of rotatable bonds is 6. The number of esters is 1. The summed E-state index contributed by atoms with van der Waals surface area (Å²) in [5, 5.41) is 6.69. The molecular formula is C23H23N5O5.